The highest BCUT2D eigenvalue weighted by atomic mass is 28.4. The summed E-state index contributed by atoms with van der Waals surface area (Å²) < 4.78 is 33.8. The molecule has 0 rings (SSSR count). The Bertz CT molecular complexity index is 475. The average molecular weight is 523 g/mol. The van der Waals surface area contributed by atoms with Gasteiger partial charge in [0.05, 0.1) is 26.1 Å². The highest BCUT2D eigenvalue weighted by Crippen LogP contribution is 2.19. The lowest BCUT2D eigenvalue weighted by molar-refractivity contribution is -0.150. The summed E-state index contributed by atoms with van der Waals surface area (Å²) in [6.07, 6.45) is 5.61. The van der Waals surface area contributed by atoms with Crippen LogP contribution in [0.25, 0.3) is 0 Å². The number of carbonyl (C=O) groups excluding carboxylic acids is 2. The molecule has 0 radical (unpaired) electrons. The van der Waals surface area contributed by atoms with Crippen LogP contribution in [0.3, 0.4) is 0 Å². The predicted octanol–water partition coefficient (Wildman–Crippen LogP) is 5.48. The normalized spacial score (nSPS) is 12.1. The van der Waals surface area contributed by atoms with Crippen LogP contribution < -0.4 is 0 Å². The Balaban J connectivity index is 3.76. The zero-order valence-electron chi connectivity index (χ0n) is 22.6. The molecule has 0 aromatic heterocycles. The number of hydrogen-bond donors (Lipinski definition) is 0. The van der Waals surface area contributed by atoms with Crippen molar-refractivity contribution in [1.82, 2.24) is 0 Å². The third-order valence-corrected chi connectivity index (χ3v) is 11.5. The number of carbonyl (C=O) groups is 2. The lowest BCUT2D eigenvalue weighted by Gasteiger charge is -2.25. The maximum atomic E-state index is 11.8. The molecule has 0 N–H and O–H groups in total. The van der Waals surface area contributed by atoms with Gasteiger partial charge < -0.3 is 27.2 Å². The quantitative estimate of drug-likeness (QED) is 0.0989. The van der Waals surface area contributed by atoms with Crippen LogP contribution in [0, 0.1) is 0 Å². The zero-order chi connectivity index (χ0) is 25.7. The summed E-state index contributed by atoms with van der Waals surface area (Å²) in [5.74, 6) is -0.702. The van der Waals surface area contributed by atoms with E-state index in [0.29, 0.717) is 39.6 Å². The number of unbranched alkanes of at least 4 members (excludes halogenated alkanes) is 4. The first-order valence-corrected chi connectivity index (χ1v) is 18.2. The fourth-order valence-corrected chi connectivity index (χ4v) is 8.73. The average Bonchev–Trinajstić information content (AvgIpc) is 2.77. The molecule has 0 saturated heterocycles. The Hall–Kier alpha value is -0.786. The maximum absolute atomic E-state index is 11.8. The summed E-state index contributed by atoms with van der Waals surface area (Å²) >= 11 is 0. The molecule has 0 bridgehead atoms. The molecule has 0 spiro atoms. The highest BCUT2D eigenvalue weighted by molar-refractivity contribution is 6.66. The standard InChI is InChI=1S/C24H50O8Si2/c1-7-29-33(5,30-8-2)21-15-11-13-19-27-23(25)17-18-24(26)28-20-14-12-16-22-34(6,31-9-3)32-10-4/h7-22H2,1-6H3. The summed E-state index contributed by atoms with van der Waals surface area (Å²) in [7, 11) is -4.12. The second-order valence-corrected chi connectivity index (χ2v) is 15.3. The Morgan fingerprint density at radius 1 is 0.529 bits per heavy atom. The van der Waals surface area contributed by atoms with Gasteiger partial charge >= 0.3 is 29.1 Å². The van der Waals surface area contributed by atoms with Gasteiger partial charge in [-0.1, -0.05) is 25.7 Å². The van der Waals surface area contributed by atoms with Crippen LogP contribution in [0.5, 0.6) is 0 Å². The van der Waals surface area contributed by atoms with Gasteiger partial charge in [0.25, 0.3) is 0 Å². The molecular formula is C24H50O8Si2. The number of esters is 2. The molecule has 34 heavy (non-hydrogen) atoms. The Labute approximate surface area is 209 Å². The van der Waals surface area contributed by atoms with Crippen molar-refractivity contribution in [2.75, 3.05) is 39.6 Å². The second kappa shape index (κ2) is 20.4. The maximum Gasteiger partial charge on any atom is 0.334 e. The van der Waals surface area contributed by atoms with Crippen molar-refractivity contribution in [2.45, 2.75) is 104 Å². The monoisotopic (exact) mass is 522 g/mol. The molecule has 0 amide bonds. The van der Waals surface area contributed by atoms with Crippen LogP contribution in [0.15, 0.2) is 0 Å². The second-order valence-electron chi connectivity index (χ2n) is 8.56. The highest BCUT2D eigenvalue weighted by Gasteiger charge is 2.30. The van der Waals surface area contributed by atoms with Crippen molar-refractivity contribution >= 4 is 29.1 Å². The zero-order valence-corrected chi connectivity index (χ0v) is 24.6. The predicted molar refractivity (Wildman–Crippen MR) is 138 cm³/mol. The van der Waals surface area contributed by atoms with E-state index < -0.39 is 17.1 Å². The van der Waals surface area contributed by atoms with Crippen molar-refractivity contribution in [3.63, 3.8) is 0 Å². The van der Waals surface area contributed by atoms with E-state index in [1.54, 1.807) is 0 Å². The fraction of sp³-hybridized carbons (Fsp3) is 0.917. The van der Waals surface area contributed by atoms with Crippen molar-refractivity contribution in [3.8, 4) is 0 Å². The van der Waals surface area contributed by atoms with E-state index in [2.05, 4.69) is 13.1 Å². The first-order chi connectivity index (χ1) is 16.2. The molecule has 0 aliphatic rings. The summed E-state index contributed by atoms with van der Waals surface area (Å²) in [6, 6.07) is 1.88. The topological polar surface area (TPSA) is 89.5 Å². The SMILES string of the molecule is CCO[Si](C)(CCCCCOC(=O)CCC(=O)OCCCCC[Si](C)(OCC)OCC)OCC. The van der Waals surface area contributed by atoms with Crippen molar-refractivity contribution < 1.29 is 36.8 Å². The van der Waals surface area contributed by atoms with Crippen LogP contribution in [-0.4, -0.2) is 68.7 Å². The lowest BCUT2D eigenvalue weighted by Crippen LogP contribution is -2.38. The minimum atomic E-state index is -2.06. The van der Waals surface area contributed by atoms with Gasteiger partial charge in [-0.2, -0.15) is 0 Å². The molecule has 202 valence electrons. The Morgan fingerprint density at radius 2 is 0.853 bits per heavy atom. The minimum absolute atomic E-state index is 0.0607. The van der Waals surface area contributed by atoms with E-state index in [4.69, 9.17) is 27.2 Å². The molecule has 0 aromatic rings. The number of hydrogen-bond acceptors (Lipinski definition) is 8. The van der Waals surface area contributed by atoms with E-state index in [0.717, 1.165) is 50.6 Å². The molecular weight excluding hydrogens is 472 g/mol. The molecule has 0 fully saturated rings. The fourth-order valence-electron chi connectivity index (χ4n) is 3.76. The first-order valence-electron chi connectivity index (χ1n) is 13.1. The smallest absolute Gasteiger partial charge is 0.334 e. The van der Waals surface area contributed by atoms with Gasteiger partial charge in [-0.25, -0.2) is 0 Å². The molecule has 8 nitrogen and oxygen atoms in total. The van der Waals surface area contributed by atoms with Crippen LogP contribution in [0.4, 0.5) is 0 Å². The summed E-state index contributed by atoms with van der Waals surface area (Å²) in [4.78, 5) is 23.7. The molecule has 0 aliphatic carbocycles. The van der Waals surface area contributed by atoms with Gasteiger partial charge in [-0.3, -0.25) is 9.59 Å². The first kappa shape index (κ1) is 33.2. The van der Waals surface area contributed by atoms with E-state index in [-0.39, 0.29) is 24.8 Å². The number of ether oxygens (including phenoxy) is 2. The summed E-state index contributed by atoms with van der Waals surface area (Å²) in [5.41, 5.74) is 0. The van der Waals surface area contributed by atoms with Gasteiger partial charge in [-0.05, 0) is 65.7 Å². The molecule has 0 aromatic carbocycles. The van der Waals surface area contributed by atoms with Gasteiger partial charge in [0.2, 0.25) is 0 Å². The van der Waals surface area contributed by atoms with E-state index in [1.807, 2.05) is 27.7 Å². The largest absolute Gasteiger partial charge is 0.466 e. The van der Waals surface area contributed by atoms with E-state index in [1.165, 1.54) is 0 Å². The van der Waals surface area contributed by atoms with Crippen LogP contribution in [-0.2, 0) is 36.8 Å². The Kier molecular flexibility index (Phi) is 19.9. The van der Waals surface area contributed by atoms with Crippen LogP contribution in [0.2, 0.25) is 25.2 Å². The summed E-state index contributed by atoms with van der Waals surface area (Å²) in [6.45, 7) is 15.6. The molecule has 0 saturated carbocycles. The van der Waals surface area contributed by atoms with Crippen molar-refractivity contribution in [3.05, 3.63) is 0 Å². The third kappa shape index (κ3) is 17.6. The van der Waals surface area contributed by atoms with E-state index >= 15 is 0 Å². The molecule has 0 unspecified atom stereocenters. The summed E-state index contributed by atoms with van der Waals surface area (Å²) in [5, 5.41) is 0. The molecule has 10 heteroatoms. The minimum Gasteiger partial charge on any atom is -0.466 e. The van der Waals surface area contributed by atoms with Crippen molar-refractivity contribution in [1.29, 1.82) is 0 Å². The molecule has 0 heterocycles. The molecule has 0 aliphatic heterocycles. The van der Waals surface area contributed by atoms with Crippen molar-refractivity contribution in [2.24, 2.45) is 0 Å². The number of rotatable bonds is 23. The third-order valence-electron chi connectivity index (χ3n) is 5.41. The lowest BCUT2D eigenvalue weighted by atomic mass is 10.2. The van der Waals surface area contributed by atoms with Gasteiger partial charge in [-0.15, -0.1) is 0 Å². The van der Waals surface area contributed by atoms with Gasteiger partial charge in [0, 0.05) is 26.4 Å². The van der Waals surface area contributed by atoms with Gasteiger partial charge in [0.1, 0.15) is 0 Å². The van der Waals surface area contributed by atoms with Crippen LogP contribution >= 0.6 is 0 Å². The Morgan fingerprint density at radius 3 is 1.15 bits per heavy atom. The van der Waals surface area contributed by atoms with E-state index in [9.17, 15) is 9.59 Å². The van der Waals surface area contributed by atoms with Crippen LogP contribution in [0.1, 0.15) is 79.1 Å². The molecule has 0 atom stereocenters. The van der Waals surface area contributed by atoms with Gasteiger partial charge in [0.15, 0.2) is 0 Å².